The first kappa shape index (κ1) is 21.1. The standard InChI is InChI=1S/C15H27NO5S/c1-3-14(18)11-22-12-15(19)5-4-7-20-9-10-21-8-6-16-13(2)17/h3-12H2,1-2H3,(H,16,17). The van der Waals surface area contributed by atoms with Gasteiger partial charge in [0.05, 0.1) is 31.3 Å². The van der Waals surface area contributed by atoms with Crippen molar-refractivity contribution in [2.45, 2.75) is 33.1 Å². The quantitative estimate of drug-likeness (QED) is 0.454. The van der Waals surface area contributed by atoms with Crippen LogP contribution in [0.15, 0.2) is 0 Å². The number of carbonyl (C=O) groups is 3. The Balaban J connectivity index is 3.23. The smallest absolute Gasteiger partial charge is 0.216 e. The molecule has 128 valence electrons. The predicted octanol–water partition coefficient (Wildman–Crippen LogP) is 1.22. The highest BCUT2D eigenvalue weighted by Crippen LogP contribution is 2.04. The number of ketones is 2. The third-order valence-electron chi connectivity index (χ3n) is 2.66. The van der Waals surface area contributed by atoms with Gasteiger partial charge in [-0.05, 0) is 6.42 Å². The van der Waals surface area contributed by atoms with Gasteiger partial charge in [0.2, 0.25) is 5.91 Å². The van der Waals surface area contributed by atoms with E-state index in [1.54, 1.807) is 0 Å². The highest BCUT2D eigenvalue weighted by Gasteiger charge is 2.04. The Morgan fingerprint density at radius 2 is 1.59 bits per heavy atom. The maximum Gasteiger partial charge on any atom is 0.216 e. The van der Waals surface area contributed by atoms with Crippen LogP contribution in [0.5, 0.6) is 0 Å². The first-order valence-electron chi connectivity index (χ1n) is 7.57. The first-order chi connectivity index (χ1) is 10.6. The molecule has 0 heterocycles. The van der Waals surface area contributed by atoms with Gasteiger partial charge in [0.25, 0.3) is 0 Å². The third-order valence-corrected chi connectivity index (χ3v) is 3.71. The molecule has 1 amide bonds. The fourth-order valence-electron chi connectivity index (χ4n) is 1.45. The molecule has 0 aromatic rings. The van der Waals surface area contributed by atoms with Gasteiger partial charge in [0.15, 0.2) is 0 Å². The molecule has 0 aliphatic rings. The van der Waals surface area contributed by atoms with Gasteiger partial charge in [-0.3, -0.25) is 14.4 Å². The van der Waals surface area contributed by atoms with E-state index in [1.807, 2.05) is 6.92 Å². The Labute approximate surface area is 136 Å². The molecule has 1 N–H and O–H groups in total. The van der Waals surface area contributed by atoms with Crippen molar-refractivity contribution in [2.75, 3.05) is 44.5 Å². The van der Waals surface area contributed by atoms with Crippen LogP contribution in [-0.4, -0.2) is 62.0 Å². The highest BCUT2D eigenvalue weighted by molar-refractivity contribution is 8.00. The summed E-state index contributed by atoms with van der Waals surface area (Å²) in [6, 6.07) is 0. The van der Waals surface area contributed by atoms with Crippen LogP contribution in [0.25, 0.3) is 0 Å². The highest BCUT2D eigenvalue weighted by atomic mass is 32.2. The van der Waals surface area contributed by atoms with Crippen LogP contribution in [0.2, 0.25) is 0 Å². The topological polar surface area (TPSA) is 81.7 Å². The first-order valence-corrected chi connectivity index (χ1v) is 8.72. The molecule has 0 fully saturated rings. The normalized spacial score (nSPS) is 10.5. The van der Waals surface area contributed by atoms with Gasteiger partial charge in [-0.2, -0.15) is 0 Å². The fraction of sp³-hybridized carbons (Fsp3) is 0.800. The molecule has 0 aromatic heterocycles. The zero-order valence-electron chi connectivity index (χ0n) is 13.5. The number of Topliss-reactive ketones (excluding diaryl/α,β-unsaturated/α-hetero) is 2. The summed E-state index contributed by atoms with van der Waals surface area (Å²) in [4.78, 5) is 33.2. The van der Waals surface area contributed by atoms with E-state index in [4.69, 9.17) is 9.47 Å². The number of ether oxygens (including phenoxy) is 2. The number of rotatable bonds is 15. The molecule has 0 radical (unpaired) electrons. The number of hydrogen-bond acceptors (Lipinski definition) is 6. The van der Waals surface area contributed by atoms with Crippen molar-refractivity contribution in [1.29, 1.82) is 0 Å². The average Bonchev–Trinajstić information content (AvgIpc) is 2.48. The molecule has 0 aromatic carbocycles. The summed E-state index contributed by atoms with van der Waals surface area (Å²) in [7, 11) is 0. The zero-order valence-corrected chi connectivity index (χ0v) is 14.3. The lowest BCUT2D eigenvalue weighted by atomic mass is 10.2. The van der Waals surface area contributed by atoms with E-state index in [0.717, 1.165) is 0 Å². The Hall–Kier alpha value is -0.920. The molecule has 0 saturated carbocycles. The number of hydrogen-bond donors (Lipinski definition) is 1. The van der Waals surface area contributed by atoms with Gasteiger partial charge < -0.3 is 14.8 Å². The molecular formula is C15H27NO5S. The largest absolute Gasteiger partial charge is 0.379 e. The SMILES string of the molecule is CCC(=O)CSCC(=O)CCCOCCOCCNC(C)=O. The maximum atomic E-state index is 11.5. The van der Waals surface area contributed by atoms with Crippen molar-refractivity contribution in [3.05, 3.63) is 0 Å². The molecule has 0 atom stereocenters. The van der Waals surface area contributed by atoms with Crippen LogP contribution in [0.3, 0.4) is 0 Å². The van der Waals surface area contributed by atoms with Gasteiger partial charge in [0, 0.05) is 32.9 Å². The molecule has 0 rings (SSSR count). The fourth-order valence-corrected chi connectivity index (χ4v) is 2.35. The van der Waals surface area contributed by atoms with E-state index in [9.17, 15) is 14.4 Å². The molecular weight excluding hydrogens is 306 g/mol. The lowest BCUT2D eigenvalue weighted by Crippen LogP contribution is -2.24. The van der Waals surface area contributed by atoms with E-state index >= 15 is 0 Å². The van der Waals surface area contributed by atoms with E-state index in [2.05, 4.69) is 5.32 Å². The Morgan fingerprint density at radius 1 is 0.955 bits per heavy atom. The minimum Gasteiger partial charge on any atom is -0.379 e. The van der Waals surface area contributed by atoms with Gasteiger partial charge in [-0.25, -0.2) is 0 Å². The third kappa shape index (κ3) is 15.5. The number of thioether (sulfide) groups is 1. The Kier molecular flexibility index (Phi) is 14.4. The van der Waals surface area contributed by atoms with E-state index in [0.29, 0.717) is 63.7 Å². The average molecular weight is 333 g/mol. The summed E-state index contributed by atoms with van der Waals surface area (Å²) in [6.07, 6.45) is 1.70. The molecule has 7 heteroatoms. The number of carbonyl (C=O) groups excluding carboxylic acids is 3. The summed E-state index contributed by atoms with van der Waals surface area (Å²) in [5.41, 5.74) is 0. The number of nitrogens with one attached hydrogen (secondary N) is 1. The van der Waals surface area contributed by atoms with E-state index in [1.165, 1.54) is 18.7 Å². The van der Waals surface area contributed by atoms with E-state index < -0.39 is 0 Å². The molecule has 0 saturated heterocycles. The van der Waals surface area contributed by atoms with Crippen molar-refractivity contribution >= 4 is 29.2 Å². The Morgan fingerprint density at radius 3 is 2.23 bits per heavy atom. The van der Waals surface area contributed by atoms with Gasteiger partial charge in [-0.15, -0.1) is 11.8 Å². The molecule has 22 heavy (non-hydrogen) atoms. The monoisotopic (exact) mass is 333 g/mol. The Bertz CT molecular complexity index is 336. The van der Waals surface area contributed by atoms with Gasteiger partial charge in [0.1, 0.15) is 11.6 Å². The van der Waals surface area contributed by atoms with Crippen molar-refractivity contribution < 1.29 is 23.9 Å². The molecule has 0 bridgehead atoms. The molecule has 0 aliphatic heterocycles. The molecule has 0 aliphatic carbocycles. The van der Waals surface area contributed by atoms with Crippen molar-refractivity contribution in [3.63, 3.8) is 0 Å². The van der Waals surface area contributed by atoms with Crippen molar-refractivity contribution in [1.82, 2.24) is 5.32 Å². The summed E-state index contributed by atoms with van der Waals surface area (Å²) in [6.45, 7) is 5.74. The molecule has 0 unspecified atom stereocenters. The zero-order chi connectivity index (χ0) is 16.6. The van der Waals surface area contributed by atoms with Crippen LogP contribution in [0, 0.1) is 0 Å². The van der Waals surface area contributed by atoms with Crippen LogP contribution in [0.1, 0.15) is 33.1 Å². The summed E-state index contributed by atoms with van der Waals surface area (Å²) in [5, 5.41) is 2.63. The van der Waals surface area contributed by atoms with Gasteiger partial charge in [-0.1, -0.05) is 6.92 Å². The summed E-state index contributed by atoms with van der Waals surface area (Å²) < 4.78 is 10.6. The predicted molar refractivity (Wildman–Crippen MR) is 87.2 cm³/mol. The second kappa shape index (κ2) is 15.0. The van der Waals surface area contributed by atoms with Gasteiger partial charge >= 0.3 is 0 Å². The van der Waals surface area contributed by atoms with E-state index in [-0.39, 0.29) is 17.5 Å². The second-order valence-corrected chi connectivity index (χ2v) is 5.72. The maximum absolute atomic E-state index is 11.5. The van der Waals surface area contributed by atoms with Crippen LogP contribution >= 0.6 is 11.8 Å². The minimum atomic E-state index is -0.0678. The second-order valence-electron chi connectivity index (χ2n) is 4.73. The minimum absolute atomic E-state index is 0.0678. The molecule has 0 spiro atoms. The summed E-state index contributed by atoms with van der Waals surface area (Å²) >= 11 is 1.39. The molecule has 6 nitrogen and oxygen atoms in total. The van der Waals surface area contributed by atoms with Crippen LogP contribution in [-0.2, 0) is 23.9 Å². The van der Waals surface area contributed by atoms with Crippen LogP contribution < -0.4 is 5.32 Å². The number of amides is 1. The lowest BCUT2D eigenvalue weighted by Gasteiger charge is -2.06. The van der Waals surface area contributed by atoms with Crippen molar-refractivity contribution in [2.24, 2.45) is 0 Å². The summed E-state index contributed by atoms with van der Waals surface area (Å²) in [5.74, 6) is 1.09. The lowest BCUT2D eigenvalue weighted by molar-refractivity contribution is -0.119. The van der Waals surface area contributed by atoms with Crippen molar-refractivity contribution in [3.8, 4) is 0 Å². The van der Waals surface area contributed by atoms with Crippen LogP contribution in [0.4, 0.5) is 0 Å².